The van der Waals surface area contributed by atoms with Crippen molar-refractivity contribution in [3.8, 4) is 11.5 Å². The third-order valence-corrected chi connectivity index (χ3v) is 8.84. The first-order chi connectivity index (χ1) is 19.5. The first-order valence-corrected chi connectivity index (χ1v) is 14.9. The molecule has 1 aliphatic heterocycles. The van der Waals surface area contributed by atoms with Gasteiger partial charge in [0.1, 0.15) is 11.9 Å². The second kappa shape index (κ2) is 11.4. The Morgan fingerprint density at radius 2 is 1.88 bits per heavy atom. The van der Waals surface area contributed by atoms with E-state index in [1.165, 1.54) is 0 Å². The Bertz CT molecular complexity index is 1610. The molecule has 1 aliphatic rings. The van der Waals surface area contributed by atoms with Crippen LogP contribution in [0.5, 0.6) is 0 Å². The van der Waals surface area contributed by atoms with Crippen LogP contribution in [0.25, 0.3) is 33.6 Å². The largest absolute Gasteiger partial charge is 0.348 e. The summed E-state index contributed by atoms with van der Waals surface area (Å²) >= 11 is 0. The molecule has 8 heteroatoms. The highest BCUT2D eigenvalue weighted by Gasteiger charge is 2.29. The van der Waals surface area contributed by atoms with Crippen LogP contribution in [0.4, 0.5) is 0 Å². The molecule has 0 aliphatic carbocycles. The fourth-order valence-corrected chi connectivity index (χ4v) is 6.22. The quantitative estimate of drug-likeness (QED) is 0.306. The second-order valence-electron chi connectivity index (χ2n) is 12.7. The molecule has 3 aromatic heterocycles. The van der Waals surface area contributed by atoms with Crippen molar-refractivity contribution in [1.82, 2.24) is 29.3 Å². The van der Waals surface area contributed by atoms with Crippen LogP contribution < -0.4 is 5.32 Å². The number of carbonyl (C=O) groups excluding carboxylic acids is 2. The first kappa shape index (κ1) is 29.0. The molecule has 1 N–H and O–H groups in total. The van der Waals surface area contributed by atoms with Crippen LogP contribution in [-0.4, -0.2) is 56.8 Å². The molecule has 1 amide bonds. The van der Waals surface area contributed by atoms with Gasteiger partial charge in [0.25, 0.3) is 0 Å². The number of rotatable bonds is 5. The number of aldehydes is 1. The highest BCUT2D eigenvalue weighted by molar-refractivity contribution is 5.93. The zero-order chi connectivity index (χ0) is 29.5. The number of fused-ring (bicyclic) bond motifs is 2. The molecule has 5 rings (SSSR count). The summed E-state index contributed by atoms with van der Waals surface area (Å²) in [4.78, 5) is 37.5. The van der Waals surface area contributed by atoms with Gasteiger partial charge in [-0.3, -0.25) is 9.59 Å². The van der Waals surface area contributed by atoms with Crippen LogP contribution in [-0.2, 0) is 24.8 Å². The molecule has 0 saturated carbocycles. The van der Waals surface area contributed by atoms with E-state index in [1.54, 1.807) is 0 Å². The highest BCUT2D eigenvalue weighted by Crippen LogP contribution is 2.34. The Morgan fingerprint density at radius 3 is 2.61 bits per heavy atom. The minimum atomic E-state index is -0.399. The highest BCUT2D eigenvalue weighted by atomic mass is 16.2. The van der Waals surface area contributed by atoms with E-state index in [2.05, 4.69) is 59.6 Å². The number of pyridine rings is 1. The van der Waals surface area contributed by atoms with Crippen molar-refractivity contribution in [2.24, 2.45) is 12.5 Å². The minimum absolute atomic E-state index is 0.0785. The molecule has 0 fully saturated rings. The van der Waals surface area contributed by atoms with Gasteiger partial charge in [0.15, 0.2) is 5.82 Å². The molecule has 1 atom stereocenters. The van der Waals surface area contributed by atoms with E-state index in [-0.39, 0.29) is 11.9 Å². The zero-order valence-corrected chi connectivity index (χ0v) is 25.7. The van der Waals surface area contributed by atoms with Crippen molar-refractivity contribution in [2.75, 3.05) is 20.6 Å². The van der Waals surface area contributed by atoms with Crippen LogP contribution in [0.15, 0.2) is 24.3 Å². The molecule has 218 valence electrons. The summed E-state index contributed by atoms with van der Waals surface area (Å²) in [7, 11) is 6.17. The van der Waals surface area contributed by atoms with Crippen molar-refractivity contribution >= 4 is 34.3 Å². The number of benzene rings is 1. The molecule has 8 nitrogen and oxygen atoms in total. The summed E-state index contributed by atoms with van der Waals surface area (Å²) in [6.07, 6.45) is 6.88. The Hall–Kier alpha value is -3.52. The lowest BCUT2D eigenvalue weighted by Gasteiger charge is -2.26. The van der Waals surface area contributed by atoms with Crippen molar-refractivity contribution < 1.29 is 9.59 Å². The van der Waals surface area contributed by atoms with E-state index in [0.717, 1.165) is 108 Å². The summed E-state index contributed by atoms with van der Waals surface area (Å²) in [6, 6.07) is 8.06. The SMILES string of the molecule is Cc1c(CCN(C)C)c(C=O)cc2nc(-c3cc4ccc5nc4n3CCCCCCC(C)(C)C(=O)NC5C)n(C)c12. The molecule has 2 bridgehead atoms. The minimum Gasteiger partial charge on any atom is -0.348 e. The number of aryl methyl sites for hydroxylation is 3. The van der Waals surface area contributed by atoms with Gasteiger partial charge >= 0.3 is 0 Å². The molecule has 41 heavy (non-hydrogen) atoms. The van der Waals surface area contributed by atoms with Gasteiger partial charge < -0.3 is 19.4 Å². The number of likely N-dealkylation sites (N-methyl/N-ethyl adjacent to an activating group) is 1. The average Bonchev–Trinajstić information content (AvgIpc) is 3.45. The predicted octanol–water partition coefficient (Wildman–Crippen LogP) is 5.98. The second-order valence-corrected chi connectivity index (χ2v) is 12.7. The molecular formula is C33H44N6O2. The van der Waals surface area contributed by atoms with Crippen molar-refractivity contribution in [2.45, 2.75) is 78.8 Å². The summed E-state index contributed by atoms with van der Waals surface area (Å²) in [5, 5.41) is 4.27. The Morgan fingerprint density at radius 1 is 1.12 bits per heavy atom. The van der Waals surface area contributed by atoms with Crippen LogP contribution >= 0.6 is 0 Å². The van der Waals surface area contributed by atoms with Crippen LogP contribution in [0.1, 0.15) is 86.1 Å². The first-order valence-electron chi connectivity index (χ1n) is 14.9. The Labute approximate surface area is 243 Å². The summed E-state index contributed by atoms with van der Waals surface area (Å²) in [5.74, 6) is 0.947. The Kier molecular flexibility index (Phi) is 8.06. The van der Waals surface area contributed by atoms with Gasteiger partial charge in [-0.2, -0.15) is 0 Å². The summed E-state index contributed by atoms with van der Waals surface area (Å²) < 4.78 is 4.47. The normalized spacial score (nSPS) is 18.2. The Balaban J connectivity index is 1.64. The topological polar surface area (TPSA) is 85.1 Å². The number of hydrogen-bond acceptors (Lipinski definition) is 5. The van der Waals surface area contributed by atoms with Crippen LogP contribution in [0.2, 0.25) is 0 Å². The van der Waals surface area contributed by atoms with Gasteiger partial charge in [0, 0.05) is 36.5 Å². The number of hydrogen-bond donors (Lipinski definition) is 1. The molecule has 4 aromatic rings. The van der Waals surface area contributed by atoms with Crippen LogP contribution in [0, 0.1) is 12.3 Å². The van der Waals surface area contributed by atoms with E-state index in [1.807, 2.05) is 32.9 Å². The third-order valence-electron chi connectivity index (χ3n) is 8.84. The zero-order valence-electron chi connectivity index (χ0n) is 25.7. The fraction of sp³-hybridized carbons (Fsp3) is 0.515. The van der Waals surface area contributed by atoms with Gasteiger partial charge in [0.05, 0.1) is 28.5 Å². The van der Waals surface area contributed by atoms with E-state index in [4.69, 9.17) is 9.97 Å². The van der Waals surface area contributed by atoms with E-state index in [9.17, 15) is 9.59 Å². The smallest absolute Gasteiger partial charge is 0.226 e. The fourth-order valence-electron chi connectivity index (χ4n) is 6.22. The van der Waals surface area contributed by atoms with Crippen molar-refractivity contribution in [3.05, 3.63) is 46.6 Å². The van der Waals surface area contributed by atoms with E-state index < -0.39 is 5.41 Å². The summed E-state index contributed by atoms with van der Waals surface area (Å²) in [5.41, 5.74) is 7.20. The molecule has 0 spiro atoms. The molecule has 1 aromatic carbocycles. The van der Waals surface area contributed by atoms with E-state index >= 15 is 0 Å². The van der Waals surface area contributed by atoms with Gasteiger partial charge in [-0.1, -0.05) is 33.1 Å². The molecule has 0 radical (unpaired) electrons. The van der Waals surface area contributed by atoms with Gasteiger partial charge in [-0.15, -0.1) is 0 Å². The number of imidazole rings is 1. The molecule has 0 saturated heterocycles. The average molecular weight is 557 g/mol. The number of amides is 1. The lowest BCUT2D eigenvalue weighted by atomic mass is 9.85. The van der Waals surface area contributed by atoms with Gasteiger partial charge in [0.2, 0.25) is 5.91 Å². The van der Waals surface area contributed by atoms with E-state index in [0.29, 0.717) is 5.56 Å². The molecular weight excluding hydrogens is 512 g/mol. The standard InChI is InChI=1S/C33H44N6O2/c1-21-25(14-17-37(5)6)24(20-40)18-27-29(21)38(7)31(36-27)28-19-23-12-13-26-22(2)34-32(41)33(3,4)15-10-8-9-11-16-39(28)30(23)35-26/h12-13,18-20,22H,8-11,14-17H2,1-7H3,(H,34,41). The van der Waals surface area contributed by atoms with Crippen LogP contribution in [0.3, 0.4) is 0 Å². The number of nitrogens with zero attached hydrogens (tertiary/aromatic N) is 5. The monoisotopic (exact) mass is 556 g/mol. The maximum Gasteiger partial charge on any atom is 0.226 e. The number of nitrogens with one attached hydrogen (secondary N) is 1. The van der Waals surface area contributed by atoms with Crippen molar-refractivity contribution in [3.63, 3.8) is 0 Å². The lowest BCUT2D eigenvalue weighted by Crippen LogP contribution is -2.38. The van der Waals surface area contributed by atoms with Gasteiger partial charge in [-0.25, -0.2) is 9.97 Å². The summed E-state index contributed by atoms with van der Waals surface area (Å²) in [6.45, 7) is 9.91. The molecule has 4 heterocycles. The lowest BCUT2D eigenvalue weighted by molar-refractivity contribution is -0.130. The van der Waals surface area contributed by atoms with Gasteiger partial charge in [-0.05, 0) is 82.6 Å². The maximum absolute atomic E-state index is 13.1. The molecule has 1 unspecified atom stereocenters. The predicted molar refractivity (Wildman–Crippen MR) is 165 cm³/mol. The maximum atomic E-state index is 13.1. The number of carbonyl (C=O) groups is 2. The number of aromatic nitrogens is 4. The van der Waals surface area contributed by atoms with Crippen molar-refractivity contribution in [1.29, 1.82) is 0 Å². The third kappa shape index (κ3) is 5.54.